The summed E-state index contributed by atoms with van der Waals surface area (Å²) in [7, 11) is -3.60. The fourth-order valence-corrected chi connectivity index (χ4v) is 3.95. The van der Waals surface area contributed by atoms with E-state index in [-0.39, 0.29) is 42.3 Å². The summed E-state index contributed by atoms with van der Waals surface area (Å²) in [4.78, 5) is 27.9. The summed E-state index contributed by atoms with van der Waals surface area (Å²) in [5.74, 6) is -0.132. The van der Waals surface area contributed by atoms with E-state index in [0.717, 1.165) is 12.8 Å². The largest absolute Gasteiger partial charge is 0.456 e. The molecule has 1 aromatic carbocycles. The van der Waals surface area contributed by atoms with Gasteiger partial charge in [-0.1, -0.05) is 26.0 Å². The van der Waals surface area contributed by atoms with Crippen LogP contribution in [-0.4, -0.2) is 45.3 Å². The third-order valence-electron chi connectivity index (χ3n) is 4.20. The van der Waals surface area contributed by atoms with Crippen LogP contribution in [0.3, 0.4) is 0 Å². The number of fused-ring (bicyclic) bond motifs is 1. The van der Waals surface area contributed by atoms with Crippen molar-refractivity contribution in [3.63, 3.8) is 0 Å². The Morgan fingerprint density at radius 1 is 1.18 bits per heavy atom. The molecule has 1 aromatic rings. The van der Waals surface area contributed by atoms with E-state index in [1.165, 1.54) is 6.07 Å². The number of ether oxygens (including phenoxy) is 1. The molecular weight excluding hydrogens is 382 g/mol. The minimum Gasteiger partial charge on any atom is -0.456 e. The fourth-order valence-electron chi connectivity index (χ4n) is 2.70. The maximum Gasteiger partial charge on any atom is 0.308 e. The molecule has 9 heteroatoms. The van der Waals surface area contributed by atoms with Crippen molar-refractivity contribution in [3.05, 3.63) is 29.8 Å². The summed E-state index contributed by atoms with van der Waals surface area (Å²) >= 11 is 0. The van der Waals surface area contributed by atoms with Crippen LogP contribution in [0.5, 0.6) is 0 Å². The van der Waals surface area contributed by atoms with Gasteiger partial charge in [-0.25, -0.2) is 8.42 Å². The minimum absolute atomic E-state index is 0.0236. The van der Waals surface area contributed by atoms with Crippen molar-refractivity contribution in [1.29, 1.82) is 0 Å². The number of carbonyl (C=O) groups excluding carboxylic acids is 2. The van der Waals surface area contributed by atoms with E-state index < -0.39 is 16.0 Å². The number of nitrogens with zero attached hydrogens (tertiary/aromatic N) is 1. The molecule has 8 nitrogen and oxygen atoms in total. The number of carbonyl (C=O) groups is 2. The minimum atomic E-state index is -3.60. The molecule has 28 heavy (non-hydrogen) atoms. The molecule has 0 aromatic heterocycles. The molecule has 154 valence electrons. The third-order valence-corrected chi connectivity index (χ3v) is 5.59. The van der Waals surface area contributed by atoms with Gasteiger partial charge < -0.3 is 10.1 Å². The molecule has 2 rings (SSSR count). The number of esters is 1. The number of rotatable bonds is 9. The van der Waals surface area contributed by atoms with Crippen molar-refractivity contribution in [1.82, 2.24) is 10.0 Å². The van der Waals surface area contributed by atoms with E-state index in [1.807, 2.05) is 6.92 Å². The van der Waals surface area contributed by atoms with Gasteiger partial charge in [0.1, 0.15) is 5.84 Å². The van der Waals surface area contributed by atoms with Crippen molar-refractivity contribution in [2.75, 3.05) is 13.2 Å². The van der Waals surface area contributed by atoms with Gasteiger partial charge >= 0.3 is 5.97 Å². The number of benzene rings is 1. The zero-order chi connectivity index (χ0) is 20.7. The number of sulfonamides is 1. The molecule has 2 N–H and O–H groups in total. The van der Waals surface area contributed by atoms with E-state index in [2.05, 4.69) is 28.9 Å². The molecule has 0 saturated heterocycles. The Bertz CT molecular complexity index is 849. The van der Waals surface area contributed by atoms with E-state index in [1.54, 1.807) is 18.2 Å². The number of nitrogens with one attached hydrogen (secondary N) is 2. The topological polar surface area (TPSA) is 114 Å². The Kier molecular flexibility index (Phi) is 7.56. The summed E-state index contributed by atoms with van der Waals surface area (Å²) in [5, 5.41) is 2.79. The highest BCUT2D eigenvalue weighted by molar-refractivity contribution is 7.90. The molecule has 0 aliphatic carbocycles. The van der Waals surface area contributed by atoms with Gasteiger partial charge in [0.15, 0.2) is 6.61 Å². The van der Waals surface area contributed by atoms with Gasteiger partial charge in [-0.05, 0) is 37.8 Å². The van der Waals surface area contributed by atoms with Crippen LogP contribution in [0.4, 0.5) is 0 Å². The summed E-state index contributed by atoms with van der Waals surface area (Å²) in [6, 6.07) is 6.51. The van der Waals surface area contributed by atoms with E-state index >= 15 is 0 Å². The fraction of sp³-hybridized carbons (Fsp3) is 0.526. The number of amides is 1. The first-order chi connectivity index (χ1) is 13.2. The molecule has 1 heterocycles. The lowest BCUT2D eigenvalue weighted by Gasteiger charge is -2.15. The Morgan fingerprint density at radius 3 is 2.61 bits per heavy atom. The third kappa shape index (κ3) is 6.33. The highest BCUT2D eigenvalue weighted by atomic mass is 32.2. The second kappa shape index (κ2) is 9.68. The number of hydrogen-bond donors (Lipinski definition) is 2. The molecule has 1 amide bonds. The average Bonchev–Trinajstić information content (AvgIpc) is 2.89. The smallest absolute Gasteiger partial charge is 0.308 e. The second-order valence-electron chi connectivity index (χ2n) is 7.18. The summed E-state index contributed by atoms with van der Waals surface area (Å²) in [5.41, 5.74) is 0.477. The number of aliphatic imine (C=N–C) groups is 1. The molecule has 0 unspecified atom stereocenters. The van der Waals surface area contributed by atoms with Gasteiger partial charge in [-0.15, -0.1) is 0 Å². The summed E-state index contributed by atoms with van der Waals surface area (Å²) < 4.78 is 31.3. The predicted molar refractivity (Wildman–Crippen MR) is 105 cm³/mol. The van der Waals surface area contributed by atoms with Crippen LogP contribution in [0, 0.1) is 5.92 Å². The van der Waals surface area contributed by atoms with E-state index in [0.29, 0.717) is 11.5 Å². The molecule has 1 aliphatic heterocycles. The van der Waals surface area contributed by atoms with Crippen molar-refractivity contribution < 1.29 is 22.7 Å². The Balaban J connectivity index is 1.75. The van der Waals surface area contributed by atoms with Crippen molar-refractivity contribution >= 4 is 27.7 Å². The highest BCUT2D eigenvalue weighted by Gasteiger charge is 2.29. The van der Waals surface area contributed by atoms with Crippen LogP contribution in [0.15, 0.2) is 34.2 Å². The Hall–Kier alpha value is -2.42. The summed E-state index contributed by atoms with van der Waals surface area (Å²) in [6.45, 7) is 5.87. The molecule has 0 radical (unpaired) electrons. The monoisotopic (exact) mass is 409 g/mol. The zero-order valence-corrected chi connectivity index (χ0v) is 17.2. The van der Waals surface area contributed by atoms with Gasteiger partial charge in [0.05, 0.1) is 17.9 Å². The van der Waals surface area contributed by atoms with Crippen molar-refractivity contribution in [2.24, 2.45) is 10.9 Å². The van der Waals surface area contributed by atoms with Crippen LogP contribution in [0.2, 0.25) is 0 Å². The van der Waals surface area contributed by atoms with Crippen molar-refractivity contribution in [2.45, 2.75) is 51.0 Å². The molecule has 0 saturated carbocycles. The molecule has 1 atom stereocenters. The molecule has 1 aliphatic rings. The maximum absolute atomic E-state index is 12.0. The predicted octanol–water partition coefficient (Wildman–Crippen LogP) is 1.60. The van der Waals surface area contributed by atoms with Crippen molar-refractivity contribution in [3.8, 4) is 0 Å². The number of amidine groups is 1. The van der Waals surface area contributed by atoms with E-state index in [4.69, 9.17) is 4.74 Å². The first-order valence-electron chi connectivity index (χ1n) is 9.30. The quantitative estimate of drug-likeness (QED) is 0.601. The van der Waals surface area contributed by atoms with Gasteiger partial charge in [0.2, 0.25) is 0 Å². The molecule has 0 bridgehead atoms. The SMILES string of the molecule is CC(C)CC[C@@H](C)NC(=O)COC(=O)CCN=C1NS(=O)(=O)c2ccccc21. The highest BCUT2D eigenvalue weighted by Crippen LogP contribution is 2.22. The van der Waals surface area contributed by atoms with E-state index in [9.17, 15) is 18.0 Å². The maximum atomic E-state index is 12.0. The Morgan fingerprint density at radius 2 is 1.89 bits per heavy atom. The van der Waals surface area contributed by atoms with Gasteiger partial charge in [-0.3, -0.25) is 19.3 Å². The average molecular weight is 410 g/mol. The van der Waals surface area contributed by atoms with Crippen LogP contribution in [0.1, 0.15) is 45.6 Å². The first-order valence-corrected chi connectivity index (χ1v) is 10.8. The normalized spacial score (nSPS) is 17.1. The second-order valence-corrected chi connectivity index (χ2v) is 8.83. The molecular formula is C19H27N3O5S. The molecule has 0 spiro atoms. The lowest BCUT2D eigenvalue weighted by Crippen LogP contribution is -2.36. The standard InChI is InChI=1S/C19H27N3O5S/c1-13(2)8-9-14(3)21-17(23)12-27-18(24)10-11-20-19-15-6-4-5-7-16(15)28(25,26)22-19/h4-7,13-14H,8-12H2,1-3H3,(H,20,22)(H,21,23)/t14-/m1/s1. The van der Waals surface area contributed by atoms with Crippen LogP contribution < -0.4 is 10.0 Å². The number of hydrogen-bond acceptors (Lipinski definition) is 6. The molecule has 0 fully saturated rings. The van der Waals surface area contributed by atoms with Gasteiger partial charge in [0.25, 0.3) is 15.9 Å². The zero-order valence-electron chi connectivity index (χ0n) is 16.4. The summed E-state index contributed by atoms with van der Waals surface area (Å²) in [6.07, 6.45) is 1.82. The Labute approximate surface area is 165 Å². The lowest BCUT2D eigenvalue weighted by molar-refractivity contribution is -0.148. The van der Waals surface area contributed by atoms with Crippen LogP contribution in [0.25, 0.3) is 0 Å². The first kappa shape index (κ1) is 21.9. The van der Waals surface area contributed by atoms with Crippen LogP contribution in [-0.2, 0) is 24.3 Å². The van der Waals surface area contributed by atoms with Gasteiger partial charge in [0, 0.05) is 11.6 Å². The van der Waals surface area contributed by atoms with Gasteiger partial charge in [-0.2, -0.15) is 0 Å². The lowest BCUT2D eigenvalue weighted by atomic mass is 10.0. The van der Waals surface area contributed by atoms with Crippen LogP contribution >= 0.6 is 0 Å².